The summed E-state index contributed by atoms with van der Waals surface area (Å²) in [6.45, 7) is 6.20. The second-order valence-electron chi connectivity index (χ2n) is 8.07. The molecule has 164 valence electrons. The number of anilines is 1. The number of carbonyl (C=O) groups is 1. The number of rotatable bonds is 2. The van der Waals surface area contributed by atoms with Gasteiger partial charge in [0.25, 0.3) is 0 Å². The second kappa shape index (κ2) is 8.03. The van der Waals surface area contributed by atoms with Gasteiger partial charge in [0, 0.05) is 33.2 Å². The van der Waals surface area contributed by atoms with Gasteiger partial charge in [-0.3, -0.25) is 14.9 Å². The number of hydrogen-bond donors (Lipinski definition) is 0. The molecule has 12 heteroatoms. The number of nitrogens with zero attached hydrogens (tertiary/aromatic N) is 6. The number of carbonyl (C=O) groups excluding carboxylic acids is 1. The molecule has 0 spiro atoms. The average molecular weight is 449 g/mol. The van der Waals surface area contributed by atoms with Gasteiger partial charge in [0.15, 0.2) is 11.4 Å². The summed E-state index contributed by atoms with van der Waals surface area (Å²) in [6.07, 6.45) is -0.479. The molecule has 1 amide bonds. The molecule has 1 aliphatic rings. The molecule has 0 aromatic carbocycles. The number of aromatic nitrogens is 2. The molecule has 1 aliphatic heterocycles. The molecule has 2 aromatic heterocycles. The Labute approximate surface area is 182 Å². The van der Waals surface area contributed by atoms with Crippen molar-refractivity contribution in [1.82, 2.24) is 14.5 Å². The van der Waals surface area contributed by atoms with Crippen molar-refractivity contribution < 1.29 is 14.5 Å². The van der Waals surface area contributed by atoms with E-state index < -0.39 is 27.9 Å². The zero-order valence-corrected chi connectivity index (χ0v) is 18.3. The van der Waals surface area contributed by atoms with Crippen LogP contribution < -0.4 is 10.5 Å². The first-order valence-electron chi connectivity index (χ1n) is 9.45. The molecule has 1 saturated heterocycles. The van der Waals surface area contributed by atoms with Crippen LogP contribution in [0.5, 0.6) is 0 Å². The molecule has 3 rings (SSSR count). The van der Waals surface area contributed by atoms with E-state index in [1.807, 2.05) is 6.07 Å². The summed E-state index contributed by atoms with van der Waals surface area (Å²) in [5.41, 5.74) is -1.80. The van der Waals surface area contributed by atoms with Crippen molar-refractivity contribution in [3.63, 3.8) is 0 Å². The molecular formula is C19H21ClN6O5. The van der Waals surface area contributed by atoms with Gasteiger partial charge in [0.2, 0.25) is 0 Å². The fourth-order valence-electron chi connectivity index (χ4n) is 3.37. The van der Waals surface area contributed by atoms with Crippen molar-refractivity contribution in [2.45, 2.75) is 26.4 Å². The van der Waals surface area contributed by atoms with E-state index in [0.717, 1.165) is 4.57 Å². The normalized spacial score (nSPS) is 14.5. The standard InChI is InChI=1S/C19H21ClN6O5/c1-19(2,3)31-18(28)25-7-5-24(6-8-25)15-14-13(9-11(20)12(10-21)22-14)23(4)17(27)16(15)26(29)30/h9H,5-8H2,1-4H3. The summed E-state index contributed by atoms with van der Waals surface area (Å²) in [5.74, 6) is 0. The maximum Gasteiger partial charge on any atom is 0.410 e. The molecule has 11 nitrogen and oxygen atoms in total. The second-order valence-corrected chi connectivity index (χ2v) is 8.48. The van der Waals surface area contributed by atoms with Crippen LogP contribution in [0, 0.1) is 21.4 Å². The lowest BCUT2D eigenvalue weighted by atomic mass is 10.1. The molecule has 0 aliphatic carbocycles. The monoisotopic (exact) mass is 448 g/mol. The lowest BCUT2D eigenvalue weighted by Crippen LogP contribution is -2.50. The first kappa shape index (κ1) is 22.3. The third-order valence-electron chi connectivity index (χ3n) is 4.81. The lowest BCUT2D eigenvalue weighted by molar-refractivity contribution is -0.385. The van der Waals surface area contributed by atoms with Crippen LogP contribution in [0.3, 0.4) is 0 Å². The number of pyridine rings is 2. The van der Waals surface area contributed by atoms with E-state index in [1.54, 1.807) is 25.7 Å². The van der Waals surface area contributed by atoms with Crippen molar-refractivity contribution in [1.29, 1.82) is 5.26 Å². The van der Waals surface area contributed by atoms with Gasteiger partial charge in [0.1, 0.15) is 17.2 Å². The number of nitriles is 1. The Morgan fingerprint density at radius 2 is 1.94 bits per heavy atom. The molecule has 2 aromatic rings. The molecule has 3 heterocycles. The Morgan fingerprint density at radius 3 is 2.45 bits per heavy atom. The van der Waals surface area contributed by atoms with Crippen LogP contribution in [-0.2, 0) is 11.8 Å². The number of fused-ring (bicyclic) bond motifs is 1. The lowest BCUT2D eigenvalue weighted by Gasteiger charge is -2.36. The minimum absolute atomic E-state index is 0.0140. The molecule has 0 saturated carbocycles. The Hall–Kier alpha value is -3.39. The fraction of sp³-hybridized carbons (Fsp3) is 0.474. The van der Waals surface area contributed by atoms with Crippen molar-refractivity contribution in [2.75, 3.05) is 31.1 Å². The maximum absolute atomic E-state index is 12.8. The molecule has 31 heavy (non-hydrogen) atoms. The van der Waals surface area contributed by atoms with Gasteiger partial charge in [-0.15, -0.1) is 0 Å². The molecule has 1 fully saturated rings. The van der Waals surface area contributed by atoms with E-state index in [9.17, 15) is 25.0 Å². The molecule has 0 bridgehead atoms. The van der Waals surface area contributed by atoms with E-state index in [1.165, 1.54) is 18.0 Å². The van der Waals surface area contributed by atoms with Crippen LogP contribution >= 0.6 is 11.6 Å². The van der Waals surface area contributed by atoms with Crippen molar-refractivity contribution in [3.05, 3.63) is 37.3 Å². The van der Waals surface area contributed by atoms with Gasteiger partial charge in [-0.05, 0) is 26.8 Å². The van der Waals surface area contributed by atoms with Gasteiger partial charge in [-0.2, -0.15) is 5.26 Å². The molecule has 0 N–H and O–H groups in total. The zero-order chi connectivity index (χ0) is 23.1. The summed E-state index contributed by atoms with van der Waals surface area (Å²) in [7, 11) is 1.38. The van der Waals surface area contributed by atoms with E-state index in [4.69, 9.17) is 16.3 Å². The van der Waals surface area contributed by atoms with Gasteiger partial charge in [-0.25, -0.2) is 9.78 Å². The summed E-state index contributed by atoms with van der Waals surface area (Å²) >= 11 is 6.07. The van der Waals surface area contributed by atoms with Crippen LogP contribution in [0.1, 0.15) is 26.5 Å². The number of ether oxygens (including phenoxy) is 1. The molecule has 0 atom stereocenters. The molecular weight excluding hydrogens is 428 g/mol. The summed E-state index contributed by atoms with van der Waals surface area (Å²) < 4.78 is 6.46. The minimum Gasteiger partial charge on any atom is -0.444 e. The average Bonchev–Trinajstić information content (AvgIpc) is 2.69. The topological polar surface area (TPSA) is 135 Å². The van der Waals surface area contributed by atoms with Crippen LogP contribution in [0.4, 0.5) is 16.2 Å². The zero-order valence-electron chi connectivity index (χ0n) is 17.5. The van der Waals surface area contributed by atoms with E-state index in [2.05, 4.69) is 4.98 Å². The van der Waals surface area contributed by atoms with Gasteiger partial charge in [0.05, 0.1) is 15.5 Å². The third-order valence-corrected chi connectivity index (χ3v) is 5.10. The predicted molar refractivity (Wildman–Crippen MR) is 113 cm³/mol. The van der Waals surface area contributed by atoms with Crippen molar-refractivity contribution in [3.8, 4) is 6.07 Å². The number of amides is 1. The van der Waals surface area contributed by atoms with Crippen molar-refractivity contribution >= 4 is 40.1 Å². The highest BCUT2D eigenvalue weighted by atomic mass is 35.5. The van der Waals surface area contributed by atoms with E-state index in [0.29, 0.717) is 0 Å². The highest BCUT2D eigenvalue weighted by Crippen LogP contribution is 2.34. The Kier molecular flexibility index (Phi) is 5.78. The Balaban J connectivity index is 2.08. The minimum atomic E-state index is -0.815. The molecule has 0 radical (unpaired) electrons. The highest BCUT2D eigenvalue weighted by molar-refractivity contribution is 6.32. The largest absolute Gasteiger partial charge is 0.444 e. The Bertz CT molecular complexity index is 1170. The highest BCUT2D eigenvalue weighted by Gasteiger charge is 2.33. The van der Waals surface area contributed by atoms with Gasteiger partial charge >= 0.3 is 17.3 Å². The maximum atomic E-state index is 12.8. The summed E-state index contributed by atoms with van der Waals surface area (Å²) in [5, 5.41) is 21.1. The number of piperazine rings is 1. The van der Waals surface area contributed by atoms with Crippen LogP contribution in [0.25, 0.3) is 11.0 Å². The number of aryl methyl sites for hydroxylation is 1. The van der Waals surface area contributed by atoms with Gasteiger partial charge < -0.3 is 19.1 Å². The third kappa shape index (κ3) is 4.25. The van der Waals surface area contributed by atoms with Crippen LogP contribution in [-0.4, -0.2) is 57.2 Å². The summed E-state index contributed by atoms with van der Waals surface area (Å²) in [6, 6.07) is 3.25. The first-order valence-corrected chi connectivity index (χ1v) is 9.83. The Morgan fingerprint density at radius 1 is 1.32 bits per heavy atom. The fourth-order valence-corrected chi connectivity index (χ4v) is 3.56. The quantitative estimate of drug-likeness (QED) is 0.504. The van der Waals surface area contributed by atoms with E-state index >= 15 is 0 Å². The van der Waals surface area contributed by atoms with Gasteiger partial charge in [-0.1, -0.05) is 11.6 Å². The van der Waals surface area contributed by atoms with Crippen molar-refractivity contribution in [2.24, 2.45) is 7.05 Å². The number of halogens is 1. The summed E-state index contributed by atoms with van der Waals surface area (Å²) in [4.78, 5) is 43.5. The smallest absolute Gasteiger partial charge is 0.410 e. The number of hydrogen-bond acceptors (Lipinski definition) is 8. The predicted octanol–water partition coefficient (Wildman–Crippen LogP) is 2.42. The van der Waals surface area contributed by atoms with E-state index in [-0.39, 0.29) is 53.6 Å². The van der Waals surface area contributed by atoms with Crippen LogP contribution in [0.2, 0.25) is 5.02 Å². The van der Waals surface area contributed by atoms with Crippen LogP contribution in [0.15, 0.2) is 10.9 Å². The SMILES string of the molecule is Cn1c(=O)c([N+](=O)[O-])c(N2CCN(C(=O)OC(C)(C)C)CC2)c2nc(C#N)c(Cl)cc21. The first-order chi connectivity index (χ1) is 14.4. The number of nitro groups is 1. The molecule has 0 unspecified atom stereocenters.